The Balaban J connectivity index is 0.00000312. The van der Waals surface area contributed by atoms with Gasteiger partial charge in [0.1, 0.15) is 5.82 Å². The second-order valence-electron chi connectivity index (χ2n) is 6.52. The molecule has 1 aromatic carbocycles. The summed E-state index contributed by atoms with van der Waals surface area (Å²) in [7, 11) is -3.67. The minimum atomic E-state index is -3.67. The van der Waals surface area contributed by atoms with Crippen molar-refractivity contribution in [3.8, 4) is 0 Å². The van der Waals surface area contributed by atoms with Gasteiger partial charge in [0.2, 0.25) is 5.91 Å². The number of nitrogens with two attached hydrogens (primary N) is 1. The van der Waals surface area contributed by atoms with Crippen LogP contribution in [-0.2, 0) is 14.6 Å². The highest BCUT2D eigenvalue weighted by atomic mass is 35.5. The Bertz CT molecular complexity index is 680. The zero-order valence-electron chi connectivity index (χ0n) is 14.5. The highest BCUT2D eigenvalue weighted by molar-refractivity contribution is 7.92. The monoisotopic (exact) mass is 392 g/mol. The van der Waals surface area contributed by atoms with Crippen LogP contribution in [0.1, 0.15) is 39.5 Å². The molecule has 1 aliphatic heterocycles. The predicted octanol–water partition coefficient (Wildman–Crippen LogP) is 2.53. The lowest BCUT2D eigenvalue weighted by atomic mass is 9.96. The Morgan fingerprint density at radius 2 is 1.88 bits per heavy atom. The van der Waals surface area contributed by atoms with Crippen LogP contribution < -0.4 is 5.73 Å². The van der Waals surface area contributed by atoms with Gasteiger partial charge in [0.15, 0.2) is 9.84 Å². The Hall–Kier alpha value is -1.18. The second kappa shape index (κ2) is 8.96. The van der Waals surface area contributed by atoms with Crippen molar-refractivity contribution in [3.05, 3.63) is 30.1 Å². The van der Waals surface area contributed by atoms with E-state index in [9.17, 15) is 17.6 Å². The summed E-state index contributed by atoms with van der Waals surface area (Å²) in [5.74, 6) is -0.680. The molecule has 1 amide bonds. The molecule has 1 saturated heterocycles. The molecule has 3 unspecified atom stereocenters. The number of carbonyl (C=O) groups excluding carboxylic acids is 1. The lowest BCUT2D eigenvalue weighted by molar-refractivity contribution is -0.135. The lowest BCUT2D eigenvalue weighted by Crippen LogP contribution is -2.52. The second-order valence-corrected chi connectivity index (χ2v) is 8.89. The molecule has 1 aromatic rings. The van der Waals surface area contributed by atoms with Crippen LogP contribution in [0.5, 0.6) is 0 Å². The minimum absolute atomic E-state index is 0. The van der Waals surface area contributed by atoms with E-state index in [0.717, 1.165) is 31.4 Å². The van der Waals surface area contributed by atoms with Gasteiger partial charge in [-0.05, 0) is 57.4 Å². The van der Waals surface area contributed by atoms with Gasteiger partial charge in [-0.3, -0.25) is 4.79 Å². The van der Waals surface area contributed by atoms with Crippen molar-refractivity contribution in [1.82, 2.24) is 4.90 Å². The first-order valence-corrected chi connectivity index (χ1v) is 9.82. The minimum Gasteiger partial charge on any atom is -0.338 e. The number of likely N-dealkylation sites (tertiary alicyclic amines) is 1. The summed E-state index contributed by atoms with van der Waals surface area (Å²) >= 11 is 0. The van der Waals surface area contributed by atoms with E-state index in [1.807, 2.05) is 6.92 Å². The van der Waals surface area contributed by atoms with Gasteiger partial charge in [-0.1, -0.05) is 0 Å². The van der Waals surface area contributed by atoms with Crippen LogP contribution in [0.15, 0.2) is 29.2 Å². The molecule has 1 heterocycles. The third kappa shape index (κ3) is 5.15. The standard InChI is InChI=1S/C17H25FN2O3S.ClH/c1-12(24(22,23)15-8-6-14(18)7-9-15)11-17(21)20-10-4-3-5-16(20)13(2)19;/h6-9,12-13,16H,3-5,10-11,19H2,1-2H3;1H. The highest BCUT2D eigenvalue weighted by Crippen LogP contribution is 2.23. The van der Waals surface area contributed by atoms with Crippen molar-refractivity contribution in [2.75, 3.05) is 6.54 Å². The molecule has 8 heteroatoms. The number of benzene rings is 1. The number of rotatable bonds is 5. The van der Waals surface area contributed by atoms with Crippen LogP contribution in [0.4, 0.5) is 4.39 Å². The first-order valence-electron chi connectivity index (χ1n) is 8.28. The number of amides is 1. The van der Waals surface area contributed by atoms with Crippen molar-refractivity contribution in [2.24, 2.45) is 5.73 Å². The van der Waals surface area contributed by atoms with E-state index in [2.05, 4.69) is 0 Å². The fourth-order valence-corrected chi connectivity index (χ4v) is 4.49. The van der Waals surface area contributed by atoms with E-state index in [4.69, 9.17) is 5.73 Å². The molecule has 2 N–H and O–H groups in total. The van der Waals surface area contributed by atoms with Crippen molar-refractivity contribution < 1.29 is 17.6 Å². The van der Waals surface area contributed by atoms with Crippen LogP contribution in [-0.4, -0.2) is 43.1 Å². The van der Waals surface area contributed by atoms with Gasteiger partial charge in [0.05, 0.1) is 10.1 Å². The van der Waals surface area contributed by atoms with Gasteiger partial charge in [-0.25, -0.2) is 12.8 Å². The number of carbonyl (C=O) groups is 1. The smallest absolute Gasteiger partial charge is 0.224 e. The molecule has 0 spiro atoms. The predicted molar refractivity (Wildman–Crippen MR) is 97.9 cm³/mol. The molecule has 142 valence electrons. The Labute approximate surface area is 155 Å². The SMILES string of the molecule is CC(N)C1CCCCN1C(=O)CC(C)S(=O)(=O)c1ccc(F)cc1.Cl. The number of piperidine rings is 1. The maximum Gasteiger partial charge on any atom is 0.224 e. The van der Waals surface area contributed by atoms with E-state index in [0.29, 0.717) is 6.54 Å². The van der Waals surface area contributed by atoms with Crippen LogP contribution >= 0.6 is 12.4 Å². The lowest BCUT2D eigenvalue weighted by Gasteiger charge is -2.38. The largest absolute Gasteiger partial charge is 0.338 e. The van der Waals surface area contributed by atoms with E-state index >= 15 is 0 Å². The summed E-state index contributed by atoms with van der Waals surface area (Å²) in [4.78, 5) is 14.4. The molecule has 1 aliphatic rings. The number of sulfone groups is 1. The van der Waals surface area contributed by atoms with Crippen molar-refractivity contribution in [2.45, 2.75) is 61.8 Å². The van der Waals surface area contributed by atoms with Crippen molar-refractivity contribution >= 4 is 28.2 Å². The summed E-state index contributed by atoms with van der Waals surface area (Å²) in [6.07, 6.45) is 2.69. The topological polar surface area (TPSA) is 80.5 Å². The van der Waals surface area contributed by atoms with Gasteiger partial charge in [0.25, 0.3) is 0 Å². The first kappa shape index (κ1) is 21.9. The van der Waals surface area contributed by atoms with Gasteiger partial charge in [-0.15, -0.1) is 12.4 Å². The average molecular weight is 393 g/mol. The summed E-state index contributed by atoms with van der Waals surface area (Å²) in [5.41, 5.74) is 5.97. The molecule has 0 saturated carbocycles. The number of halogens is 2. The molecule has 0 radical (unpaired) electrons. The molecule has 1 fully saturated rings. The maximum atomic E-state index is 13.0. The Morgan fingerprint density at radius 3 is 2.44 bits per heavy atom. The van der Waals surface area contributed by atoms with Gasteiger partial charge < -0.3 is 10.6 Å². The zero-order valence-corrected chi connectivity index (χ0v) is 16.2. The quantitative estimate of drug-likeness (QED) is 0.781. The Kier molecular flexibility index (Phi) is 7.84. The molecule has 0 bridgehead atoms. The molecular formula is C17H26ClFN2O3S. The molecule has 5 nitrogen and oxygen atoms in total. The maximum absolute atomic E-state index is 13.0. The molecule has 0 aliphatic carbocycles. The Morgan fingerprint density at radius 1 is 1.28 bits per heavy atom. The summed E-state index contributed by atoms with van der Waals surface area (Å²) < 4.78 is 38.1. The zero-order chi connectivity index (χ0) is 17.9. The summed E-state index contributed by atoms with van der Waals surface area (Å²) in [6, 6.07) is 4.51. The van der Waals surface area contributed by atoms with E-state index in [-0.39, 0.29) is 41.7 Å². The van der Waals surface area contributed by atoms with E-state index in [1.54, 1.807) is 4.90 Å². The highest BCUT2D eigenvalue weighted by Gasteiger charge is 2.32. The molecular weight excluding hydrogens is 367 g/mol. The molecule has 3 atom stereocenters. The molecule has 25 heavy (non-hydrogen) atoms. The third-order valence-electron chi connectivity index (χ3n) is 4.61. The van der Waals surface area contributed by atoms with Gasteiger partial charge in [-0.2, -0.15) is 0 Å². The van der Waals surface area contributed by atoms with E-state index < -0.39 is 20.9 Å². The van der Waals surface area contributed by atoms with Crippen molar-refractivity contribution in [3.63, 3.8) is 0 Å². The van der Waals surface area contributed by atoms with Gasteiger partial charge in [0, 0.05) is 25.0 Å². The molecule has 2 rings (SSSR count). The number of nitrogens with zero attached hydrogens (tertiary/aromatic N) is 1. The van der Waals surface area contributed by atoms with Crippen LogP contribution in [0.2, 0.25) is 0 Å². The van der Waals surface area contributed by atoms with Crippen LogP contribution in [0.3, 0.4) is 0 Å². The molecule has 0 aromatic heterocycles. The normalized spacial score (nSPS) is 20.5. The number of hydrogen-bond acceptors (Lipinski definition) is 4. The van der Waals surface area contributed by atoms with E-state index in [1.165, 1.54) is 19.1 Å². The van der Waals surface area contributed by atoms with Crippen LogP contribution in [0.25, 0.3) is 0 Å². The van der Waals surface area contributed by atoms with Gasteiger partial charge >= 0.3 is 0 Å². The fourth-order valence-electron chi connectivity index (χ4n) is 3.14. The third-order valence-corrected chi connectivity index (χ3v) is 6.77. The number of hydrogen-bond donors (Lipinski definition) is 1. The average Bonchev–Trinajstić information content (AvgIpc) is 2.55. The first-order chi connectivity index (χ1) is 11.2. The van der Waals surface area contributed by atoms with Crippen molar-refractivity contribution in [1.29, 1.82) is 0 Å². The summed E-state index contributed by atoms with van der Waals surface area (Å²) in [6.45, 7) is 4.00. The summed E-state index contributed by atoms with van der Waals surface area (Å²) in [5, 5.41) is -0.869. The fraction of sp³-hybridized carbons (Fsp3) is 0.588. The van der Waals surface area contributed by atoms with Crippen LogP contribution in [0, 0.1) is 5.82 Å².